The molecule has 126 valence electrons. The first-order valence-corrected chi connectivity index (χ1v) is 7.98. The number of nitrogens with two attached hydrogens (primary N) is 1. The van der Waals surface area contributed by atoms with Gasteiger partial charge in [-0.15, -0.1) is 0 Å². The van der Waals surface area contributed by atoms with Crippen molar-refractivity contribution in [2.45, 2.75) is 25.6 Å². The molecule has 4 rings (SSSR count). The van der Waals surface area contributed by atoms with E-state index in [-0.39, 0.29) is 6.10 Å². The van der Waals surface area contributed by atoms with Gasteiger partial charge in [-0.25, -0.2) is 9.97 Å². The van der Waals surface area contributed by atoms with E-state index in [1.807, 2.05) is 18.2 Å². The molecular formula is C17H20N4O3. The molecule has 0 radical (unpaired) electrons. The summed E-state index contributed by atoms with van der Waals surface area (Å²) in [6, 6.07) is 5.53. The van der Waals surface area contributed by atoms with Crippen LogP contribution in [0.4, 0.5) is 5.69 Å². The SMILES string of the molecule is CC(C)(O)c1nc2cc3oc(C4CNCCO4)nc3cc2cc1N. The van der Waals surface area contributed by atoms with E-state index in [1.165, 1.54) is 0 Å². The Balaban J connectivity index is 1.83. The summed E-state index contributed by atoms with van der Waals surface area (Å²) in [5, 5.41) is 14.3. The highest BCUT2D eigenvalue weighted by molar-refractivity contribution is 5.93. The Morgan fingerprint density at radius 3 is 2.79 bits per heavy atom. The second-order valence-corrected chi connectivity index (χ2v) is 6.61. The molecule has 1 aliphatic rings. The third-order valence-electron chi connectivity index (χ3n) is 4.15. The minimum Gasteiger partial charge on any atom is -0.438 e. The zero-order valence-corrected chi connectivity index (χ0v) is 13.7. The Kier molecular flexibility index (Phi) is 3.45. The van der Waals surface area contributed by atoms with Crippen LogP contribution in [0.3, 0.4) is 0 Å². The van der Waals surface area contributed by atoms with E-state index in [0.717, 1.165) is 17.4 Å². The van der Waals surface area contributed by atoms with Gasteiger partial charge in [-0.05, 0) is 26.0 Å². The van der Waals surface area contributed by atoms with Gasteiger partial charge in [0.25, 0.3) is 0 Å². The number of morpholine rings is 1. The van der Waals surface area contributed by atoms with Crippen LogP contribution in [0, 0.1) is 0 Å². The standard InChI is InChI=1S/C17H20N4O3/c1-17(2,22)15-10(18)5-9-6-12-13(7-11(9)20-15)24-16(21-12)14-8-19-3-4-23-14/h5-7,14,19,22H,3-4,8,18H2,1-2H3. The van der Waals surface area contributed by atoms with Crippen LogP contribution < -0.4 is 11.1 Å². The summed E-state index contributed by atoms with van der Waals surface area (Å²) in [5.74, 6) is 0.559. The summed E-state index contributed by atoms with van der Waals surface area (Å²) in [5.41, 5.74) is 7.94. The fraction of sp³-hybridized carbons (Fsp3) is 0.412. The molecule has 1 fully saturated rings. The minimum absolute atomic E-state index is 0.181. The number of fused-ring (bicyclic) bond motifs is 2. The van der Waals surface area contributed by atoms with E-state index < -0.39 is 5.60 Å². The molecule has 0 spiro atoms. The van der Waals surface area contributed by atoms with E-state index in [0.29, 0.717) is 41.5 Å². The third kappa shape index (κ3) is 2.60. The number of oxazole rings is 1. The fourth-order valence-electron chi connectivity index (χ4n) is 2.98. The minimum atomic E-state index is -1.11. The van der Waals surface area contributed by atoms with Gasteiger partial charge in [0, 0.05) is 24.5 Å². The zero-order valence-electron chi connectivity index (χ0n) is 13.7. The number of aliphatic hydroxyl groups is 1. The van der Waals surface area contributed by atoms with Crippen molar-refractivity contribution in [1.29, 1.82) is 0 Å². The number of hydrogen-bond acceptors (Lipinski definition) is 7. The van der Waals surface area contributed by atoms with Crippen LogP contribution in [0.2, 0.25) is 0 Å². The molecular weight excluding hydrogens is 308 g/mol. The van der Waals surface area contributed by atoms with E-state index in [1.54, 1.807) is 13.8 Å². The number of pyridine rings is 1. The number of aromatic nitrogens is 2. The van der Waals surface area contributed by atoms with Gasteiger partial charge in [0.2, 0.25) is 5.89 Å². The molecule has 24 heavy (non-hydrogen) atoms. The summed E-state index contributed by atoms with van der Waals surface area (Å²) in [7, 11) is 0. The quantitative estimate of drug-likeness (QED) is 0.659. The van der Waals surface area contributed by atoms with E-state index >= 15 is 0 Å². The van der Waals surface area contributed by atoms with Gasteiger partial charge in [0.15, 0.2) is 5.58 Å². The molecule has 0 bridgehead atoms. The smallest absolute Gasteiger partial charge is 0.225 e. The maximum absolute atomic E-state index is 10.2. The number of ether oxygens (including phenoxy) is 1. The summed E-state index contributed by atoms with van der Waals surface area (Å²) in [6.07, 6.45) is -0.181. The lowest BCUT2D eigenvalue weighted by Crippen LogP contribution is -2.33. The first-order valence-electron chi connectivity index (χ1n) is 7.98. The summed E-state index contributed by atoms with van der Waals surface area (Å²) in [6.45, 7) is 5.48. The van der Waals surface area contributed by atoms with Gasteiger partial charge in [0.05, 0.1) is 23.5 Å². The van der Waals surface area contributed by atoms with Crippen LogP contribution in [-0.2, 0) is 10.3 Å². The van der Waals surface area contributed by atoms with E-state index in [9.17, 15) is 5.11 Å². The van der Waals surface area contributed by atoms with Crippen molar-refractivity contribution < 1.29 is 14.3 Å². The highest BCUT2D eigenvalue weighted by Crippen LogP contribution is 2.31. The second-order valence-electron chi connectivity index (χ2n) is 6.61. The lowest BCUT2D eigenvalue weighted by Gasteiger charge is -2.20. The van der Waals surface area contributed by atoms with Crippen molar-refractivity contribution in [2.75, 3.05) is 25.4 Å². The Labute approximate surface area is 138 Å². The first-order chi connectivity index (χ1) is 11.4. The molecule has 0 amide bonds. The number of hydrogen-bond donors (Lipinski definition) is 3. The number of benzene rings is 1. The van der Waals surface area contributed by atoms with Crippen molar-refractivity contribution in [3.63, 3.8) is 0 Å². The third-order valence-corrected chi connectivity index (χ3v) is 4.15. The maximum Gasteiger partial charge on any atom is 0.225 e. The molecule has 7 nitrogen and oxygen atoms in total. The molecule has 3 aromatic rings. The Bertz CT molecular complexity index is 907. The Morgan fingerprint density at radius 2 is 2.08 bits per heavy atom. The van der Waals surface area contributed by atoms with Gasteiger partial charge < -0.3 is 25.3 Å². The molecule has 1 atom stereocenters. The van der Waals surface area contributed by atoms with Crippen molar-refractivity contribution in [1.82, 2.24) is 15.3 Å². The fourth-order valence-corrected chi connectivity index (χ4v) is 2.98. The number of anilines is 1. The number of nitrogens with zero attached hydrogens (tertiary/aromatic N) is 2. The molecule has 7 heteroatoms. The second kappa shape index (κ2) is 5.41. The molecule has 4 N–H and O–H groups in total. The van der Waals surface area contributed by atoms with Crippen LogP contribution in [0.1, 0.15) is 31.5 Å². The average molecular weight is 328 g/mol. The molecule has 2 aromatic heterocycles. The molecule has 1 aromatic carbocycles. The monoisotopic (exact) mass is 328 g/mol. The van der Waals surface area contributed by atoms with E-state index in [2.05, 4.69) is 15.3 Å². The Morgan fingerprint density at radius 1 is 1.25 bits per heavy atom. The normalized spacial score (nSPS) is 19.2. The predicted molar refractivity (Wildman–Crippen MR) is 90.5 cm³/mol. The first kappa shape index (κ1) is 15.3. The van der Waals surface area contributed by atoms with Crippen molar-refractivity contribution >= 4 is 27.7 Å². The van der Waals surface area contributed by atoms with Gasteiger partial charge in [0.1, 0.15) is 17.2 Å². The van der Waals surface area contributed by atoms with Crippen LogP contribution in [0.5, 0.6) is 0 Å². The van der Waals surface area contributed by atoms with Crippen LogP contribution in [-0.4, -0.2) is 34.8 Å². The predicted octanol–water partition coefficient (Wildman–Crippen LogP) is 1.85. The van der Waals surface area contributed by atoms with Gasteiger partial charge in [-0.2, -0.15) is 0 Å². The van der Waals surface area contributed by atoms with Crippen LogP contribution in [0.15, 0.2) is 22.6 Å². The van der Waals surface area contributed by atoms with Crippen molar-refractivity contribution in [2.24, 2.45) is 0 Å². The summed E-state index contributed by atoms with van der Waals surface area (Å²) >= 11 is 0. The number of nitrogens with one attached hydrogen (secondary N) is 1. The lowest BCUT2D eigenvalue weighted by molar-refractivity contribution is 0.0118. The lowest BCUT2D eigenvalue weighted by atomic mass is 10.0. The van der Waals surface area contributed by atoms with Crippen molar-refractivity contribution in [3.05, 3.63) is 29.8 Å². The highest BCUT2D eigenvalue weighted by Gasteiger charge is 2.24. The molecule has 1 aliphatic heterocycles. The summed E-state index contributed by atoms with van der Waals surface area (Å²) < 4.78 is 11.5. The van der Waals surface area contributed by atoms with Crippen molar-refractivity contribution in [3.8, 4) is 0 Å². The number of rotatable bonds is 2. The molecule has 1 saturated heterocycles. The highest BCUT2D eigenvalue weighted by atomic mass is 16.5. The zero-order chi connectivity index (χ0) is 16.9. The Hall–Kier alpha value is -2.22. The number of nitrogen functional groups attached to an aromatic ring is 1. The largest absolute Gasteiger partial charge is 0.438 e. The van der Waals surface area contributed by atoms with Crippen LogP contribution in [0.25, 0.3) is 22.0 Å². The van der Waals surface area contributed by atoms with Gasteiger partial charge in [-0.1, -0.05) is 0 Å². The van der Waals surface area contributed by atoms with Gasteiger partial charge >= 0.3 is 0 Å². The van der Waals surface area contributed by atoms with E-state index in [4.69, 9.17) is 14.9 Å². The molecule has 1 unspecified atom stereocenters. The molecule has 3 heterocycles. The van der Waals surface area contributed by atoms with Crippen LogP contribution >= 0.6 is 0 Å². The summed E-state index contributed by atoms with van der Waals surface area (Å²) in [4.78, 5) is 9.05. The molecule has 0 aliphatic carbocycles. The maximum atomic E-state index is 10.2. The topological polar surface area (TPSA) is 106 Å². The average Bonchev–Trinajstić information content (AvgIpc) is 2.94. The molecule has 0 saturated carbocycles. The van der Waals surface area contributed by atoms with Gasteiger partial charge in [-0.3, -0.25) is 0 Å².